The summed E-state index contributed by atoms with van der Waals surface area (Å²) in [5, 5.41) is 0. The van der Waals surface area contributed by atoms with E-state index >= 15 is 0 Å². The highest BCUT2D eigenvalue weighted by atomic mass is 16.6. The van der Waals surface area contributed by atoms with E-state index < -0.39 is 5.97 Å². The Morgan fingerprint density at radius 1 is 1.18 bits per heavy atom. The molecule has 6 nitrogen and oxygen atoms in total. The Bertz CT molecular complexity index is 735. The van der Waals surface area contributed by atoms with E-state index in [-0.39, 0.29) is 18.0 Å². The third kappa shape index (κ3) is 5.83. The van der Waals surface area contributed by atoms with Gasteiger partial charge >= 0.3 is 5.97 Å². The number of esters is 1. The molecule has 1 fully saturated rings. The molecule has 3 rings (SSSR count). The van der Waals surface area contributed by atoms with Crippen LogP contribution in [-0.4, -0.2) is 44.3 Å². The summed E-state index contributed by atoms with van der Waals surface area (Å²) >= 11 is 0. The molecule has 28 heavy (non-hydrogen) atoms. The summed E-state index contributed by atoms with van der Waals surface area (Å²) in [7, 11) is 1.53. The van der Waals surface area contributed by atoms with E-state index in [1.165, 1.54) is 7.11 Å². The first-order valence-electron chi connectivity index (χ1n) is 9.92. The zero-order chi connectivity index (χ0) is 19.9. The molecule has 1 aromatic carbocycles. The second-order valence-electron chi connectivity index (χ2n) is 7.30. The zero-order valence-electron chi connectivity index (χ0n) is 16.6. The second kappa shape index (κ2) is 9.73. The van der Waals surface area contributed by atoms with Crippen LogP contribution in [0.5, 0.6) is 11.5 Å². The first-order chi connectivity index (χ1) is 13.6. The molecule has 2 atom stereocenters. The van der Waals surface area contributed by atoms with Gasteiger partial charge in [0.15, 0.2) is 0 Å². The predicted octanol–water partition coefficient (Wildman–Crippen LogP) is 3.95. The van der Waals surface area contributed by atoms with Crippen LogP contribution in [0.1, 0.15) is 61.4 Å². The summed E-state index contributed by atoms with van der Waals surface area (Å²) in [4.78, 5) is 24.8. The van der Waals surface area contributed by atoms with E-state index in [2.05, 4.69) is 0 Å². The maximum absolute atomic E-state index is 12.9. The number of carbonyl (C=O) groups excluding carboxylic acids is 2. The second-order valence-corrected chi connectivity index (χ2v) is 7.30. The molecule has 0 N–H and O–H groups in total. The maximum Gasteiger partial charge on any atom is 0.342 e. The molecule has 0 bridgehead atoms. The molecule has 1 saturated heterocycles. The number of carbonyl (C=O) groups is 2. The first kappa shape index (κ1) is 20.4. The minimum atomic E-state index is -0.426. The van der Waals surface area contributed by atoms with Gasteiger partial charge < -0.3 is 18.9 Å². The summed E-state index contributed by atoms with van der Waals surface area (Å²) < 4.78 is 22.1. The van der Waals surface area contributed by atoms with Crippen molar-refractivity contribution in [3.05, 3.63) is 29.3 Å². The lowest BCUT2D eigenvalue weighted by Crippen LogP contribution is -2.17. The van der Waals surface area contributed by atoms with Crippen LogP contribution in [0.4, 0.5) is 0 Å². The average molecular weight is 388 g/mol. The van der Waals surface area contributed by atoms with E-state index in [1.807, 2.05) is 25.1 Å². The number of ketones is 1. The van der Waals surface area contributed by atoms with Crippen LogP contribution in [0.15, 0.2) is 18.2 Å². The lowest BCUT2D eigenvalue weighted by atomic mass is 10.0. The van der Waals surface area contributed by atoms with Crippen LogP contribution in [0.3, 0.4) is 0 Å². The van der Waals surface area contributed by atoms with Gasteiger partial charge in [0.1, 0.15) is 35.6 Å². The third-order valence-electron chi connectivity index (χ3n) is 4.87. The molecule has 0 saturated carbocycles. The Morgan fingerprint density at radius 3 is 2.71 bits per heavy atom. The molecular weight excluding hydrogens is 360 g/mol. The minimum absolute atomic E-state index is 0.138. The summed E-state index contributed by atoms with van der Waals surface area (Å²) in [6, 6.07) is 3.53. The van der Waals surface area contributed by atoms with Crippen LogP contribution < -0.4 is 9.47 Å². The molecule has 2 heterocycles. The highest BCUT2D eigenvalue weighted by molar-refractivity contribution is 5.97. The third-order valence-corrected chi connectivity index (χ3v) is 4.87. The molecule has 0 aromatic heterocycles. The van der Waals surface area contributed by atoms with Crippen molar-refractivity contribution in [2.45, 2.75) is 57.7 Å². The quantitative estimate of drug-likeness (QED) is 0.574. The molecule has 2 aliphatic rings. The van der Waals surface area contributed by atoms with Gasteiger partial charge in [0.25, 0.3) is 0 Å². The van der Waals surface area contributed by atoms with Crippen LogP contribution >= 0.6 is 0 Å². The summed E-state index contributed by atoms with van der Waals surface area (Å²) in [6.07, 6.45) is 7.79. The Morgan fingerprint density at radius 2 is 1.96 bits per heavy atom. The topological polar surface area (TPSA) is 74.4 Å². The van der Waals surface area contributed by atoms with Crippen LogP contribution in [0.2, 0.25) is 0 Å². The Balaban J connectivity index is 1.89. The van der Waals surface area contributed by atoms with Crippen molar-refractivity contribution in [1.29, 1.82) is 0 Å². The van der Waals surface area contributed by atoms with E-state index in [1.54, 1.807) is 6.07 Å². The fourth-order valence-electron chi connectivity index (χ4n) is 3.20. The van der Waals surface area contributed by atoms with Gasteiger partial charge in [-0.1, -0.05) is 12.2 Å². The fourth-order valence-corrected chi connectivity index (χ4v) is 3.20. The molecule has 0 amide bonds. The molecular formula is C22H28O6. The van der Waals surface area contributed by atoms with Crippen molar-refractivity contribution in [3.8, 4) is 11.5 Å². The molecule has 0 aliphatic carbocycles. The molecule has 0 spiro atoms. The number of fused-ring (bicyclic) bond motifs is 1. The number of hydrogen-bond donors (Lipinski definition) is 0. The van der Waals surface area contributed by atoms with Crippen LogP contribution in [-0.2, 0) is 14.3 Å². The van der Waals surface area contributed by atoms with Crippen molar-refractivity contribution in [2.75, 3.05) is 20.3 Å². The van der Waals surface area contributed by atoms with Crippen LogP contribution in [0, 0.1) is 0 Å². The highest BCUT2D eigenvalue weighted by Crippen LogP contribution is 2.32. The van der Waals surface area contributed by atoms with Gasteiger partial charge in [-0.3, -0.25) is 4.79 Å². The van der Waals surface area contributed by atoms with Gasteiger partial charge in [0.2, 0.25) is 0 Å². The van der Waals surface area contributed by atoms with Crippen molar-refractivity contribution < 1.29 is 28.5 Å². The maximum atomic E-state index is 12.9. The number of methoxy groups -OCH3 is 1. The standard InChI is InChI=1S/C22H28O6/c1-15-7-6-10-17(23)9-5-3-4-8-16-11-18(26-13-19-14-27-19)12-20(25-2)21(16)22(24)28-15/h4,8,11-12,15,19H,3,5-7,9-10,13-14H2,1-2H3/t15-,19+/m1/s1. The van der Waals surface area contributed by atoms with E-state index in [4.69, 9.17) is 18.9 Å². The molecule has 2 aliphatic heterocycles. The zero-order valence-corrected chi connectivity index (χ0v) is 16.6. The van der Waals surface area contributed by atoms with Gasteiger partial charge in [-0.2, -0.15) is 0 Å². The Labute approximate surface area is 165 Å². The van der Waals surface area contributed by atoms with Crippen molar-refractivity contribution in [2.24, 2.45) is 0 Å². The monoisotopic (exact) mass is 388 g/mol. The fraction of sp³-hybridized carbons (Fsp3) is 0.545. The SMILES string of the molecule is COc1cc(OC[C@H]2CO2)cc2c1C(=O)O[C@H](C)CCCC(=O)CCCC=C2. The van der Waals surface area contributed by atoms with Crippen molar-refractivity contribution in [1.82, 2.24) is 0 Å². The summed E-state index contributed by atoms with van der Waals surface area (Å²) in [5.74, 6) is 0.884. The minimum Gasteiger partial charge on any atom is -0.496 e. The summed E-state index contributed by atoms with van der Waals surface area (Å²) in [5.41, 5.74) is 1.08. The summed E-state index contributed by atoms with van der Waals surface area (Å²) in [6.45, 7) is 3.03. The van der Waals surface area contributed by atoms with Crippen molar-refractivity contribution in [3.63, 3.8) is 0 Å². The van der Waals surface area contributed by atoms with Gasteiger partial charge in [-0.05, 0) is 44.2 Å². The molecule has 6 heteroatoms. The Hall–Kier alpha value is -2.34. The van der Waals surface area contributed by atoms with Gasteiger partial charge in [-0.15, -0.1) is 0 Å². The smallest absolute Gasteiger partial charge is 0.342 e. The van der Waals surface area contributed by atoms with Gasteiger partial charge in [0.05, 0.1) is 19.8 Å². The number of benzene rings is 1. The number of hydrogen-bond acceptors (Lipinski definition) is 6. The van der Waals surface area contributed by atoms with Crippen LogP contribution in [0.25, 0.3) is 6.08 Å². The van der Waals surface area contributed by atoms with E-state index in [0.29, 0.717) is 55.1 Å². The number of Topliss-reactive ketones (excluding diaryl/α,β-unsaturated/α-hetero) is 1. The first-order valence-corrected chi connectivity index (χ1v) is 9.92. The molecule has 0 unspecified atom stereocenters. The number of rotatable bonds is 4. The van der Waals surface area contributed by atoms with Crippen molar-refractivity contribution >= 4 is 17.8 Å². The Kier molecular flexibility index (Phi) is 7.09. The average Bonchev–Trinajstić information content (AvgIpc) is 3.49. The highest BCUT2D eigenvalue weighted by Gasteiger charge is 2.25. The number of cyclic esters (lactones) is 1. The lowest BCUT2D eigenvalue weighted by Gasteiger charge is -2.18. The van der Waals surface area contributed by atoms with E-state index in [0.717, 1.165) is 19.3 Å². The number of epoxide rings is 1. The van der Waals surface area contributed by atoms with E-state index in [9.17, 15) is 9.59 Å². The number of allylic oxidation sites excluding steroid dienone is 1. The molecule has 1 aromatic rings. The van der Waals surface area contributed by atoms with Gasteiger partial charge in [-0.25, -0.2) is 4.79 Å². The lowest BCUT2D eigenvalue weighted by molar-refractivity contribution is -0.119. The predicted molar refractivity (Wildman–Crippen MR) is 105 cm³/mol. The largest absolute Gasteiger partial charge is 0.496 e. The van der Waals surface area contributed by atoms with Gasteiger partial charge in [0, 0.05) is 18.9 Å². The number of ether oxygens (including phenoxy) is 4. The normalized spacial score (nSPS) is 23.4. The molecule has 0 radical (unpaired) electrons. The molecule has 152 valence electrons.